The predicted molar refractivity (Wildman–Crippen MR) is 102 cm³/mol. The molecule has 0 bridgehead atoms. The van der Waals surface area contributed by atoms with Crippen LogP contribution in [0.3, 0.4) is 0 Å². The lowest BCUT2D eigenvalue weighted by molar-refractivity contribution is 0.473. The van der Waals surface area contributed by atoms with Gasteiger partial charge in [-0.3, -0.25) is 4.99 Å². The molecule has 1 N–H and O–H groups in total. The molecule has 0 radical (unpaired) electrons. The maximum Gasteiger partial charge on any atom is 0.193 e. The van der Waals surface area contributed by atoms with Gasteiger partial charge in [-0.2, -0.15) is 11.8 Å². The fourth-order valence-corrected chi connectivity index (χ4v) is 2.43. The van der Waals surface area contributed by atoms with E-state index in [0.29, 0.717) is 6.54 Å². The highest BCUT2D eigenvalue weighted by Crippen LogP contribution is 2.06. The second-order valence-corrected chi connectivity index (χ2v) is 5.65. The molecule has 0 aliphatic carbocycles. The highest BCUT2D eigenvalue weighted by Gasteiger charge is 2.06. The molecule has 1 aromatic carbocycles. The Kier molecular flexibility index (Phi) is 11.8. The fraction of sp³-hybridized carbons (Fsp3) is 0.533. The van der Waals surface area contributed by atoms with Crippen LogP contribution >= 0.6 is 35.7 Å². The van der Waals surface area contributed by atoms with Crippen LogP contribution in [-0.2, 0) is 6.54 Å². The van der Waals surface area contributed by atoms with E-state index in [-0.39, 0.29) is 29.8 Å². The lowest BCUT2D eigenvalue weighted by Gasteiger charge is -2.22. The summed E-state index contributed by atoms with van der Waals surface area (Å²) in [4.78, 5) is 6.26. The molecule has 0 aromatic heterocycles. The summed E-state index contributed by atoms with van der Waals surface area (Å²) < 4.78 is 13.2. The number of unbranched alkanes of at least 4 members (excludes halogenated alkanes) is 1. The lowest BCUT2D eigenvalue weighted by Crippen LogP contribution is -2.38. The quantitative estimate of drug-likeness (QED) is 0.313. The van der Waals surface area contributed by atoms with Crippen molar-refractivity contribution in [2.75, 3.05) is 32.6 Å². The molecule has 0 amide bonds. The van der Waals surface area contributed by atoms with E-state index < -0.39 is 0 Å². The van der Waals surface area contributed by atoms with E-state index in [2.05, 4.69) is 16.6 Å². The molecule has 0 atom stereocenters. The molecular weight excluding hydrogens is 400 g/mol. The number of nitrogens with one attached hydrogen (secondary N) is 1. The summed E-state index contributed by atoms with van der Waals surface area (Å²) in [5.74, 6) is 1.84. The maximum absolute atomic E-state index is 13.2. The summed E-state index contributed by atoms with van der Waals surface area (Å²) in [6.07, 6.45) is 4.46. The van der Waals surface area contributed by atoms with Gasteiger partial charge in [0.1, 0.15) is 5.82 Å². The summed E-state index contributed by atoms with van der Waals surface area (Å²) in [5.41, 5.74) is 0.942. The highest BCUT2D eigenvalue weighted by molar-refractivity contribution is 14.0. The van der Waals surface area contributed by atoms with Gasteiger partial charge in [0, 0.05) is 27.2 Å². The van der Waals surface area contributed by atoms with Crippen LogP contribution in [0.2, 0.25) is 0 Å². The van der Waals surface area contributed by atoms with Crippen LogP contribution in [0.25, 0.3) is 0 Å². The molecule has 6 heteroatoms. The van der Waals surface area contributed by atoms with E-state index in [0.717, 1.165) is 24.5 Å². The van der Waals surface area contributed by atoms with Crippen molar-refractivity contribution in [2.24, 2.45) is 4.99 Å². The predicted octanol–water partition coefficient (Wildman–Crippen LogP) is 3.59. The van der Waals surface area contributed by atoms with Crippen LogP contribution < -0.4 is 5.32 Å². The molecule has 0 aliphatic rings. The molecule has 0 heterocycles. The Bertz CT molecular complexity index is 429. The van der Waals surface area contributed by atoms with Crippen molar-refractivity contribution in [3.63, 3.8) is 0 Å². The van der Waals surface area contributed by atoms with Crippen molar-refractivity contribution in [3.8, 4) is 0 Å². The van der Waals surface area contributed by atoms with Crippen LogP contribution in [0.1, 0.15) is 18.4 Å². The molecule has 0 saturated carbocycles. The number of rotatable bonds is 7. The summed E-state index contributed by atoms with van der Waals surface area (Å²) in [6, 6.07) is 6.67. The minimum atomic E-state index is -0.198. The largest absolute Gasteiger partial charge is 0.356 e. The number of halogens is 2. The van der Waals surface area contributed by atoms with Crippen molar-refractivity contribution in [2.45, 2.75) is 19.4 Å². The number of hydrogen-bond acceptors (Lipinski definition) is 2. The van der Waals surface area contributed by atoms with Crippen LogP contribution in [0, 0.1) is 5.82 Å². The third-order valence-electron chi connectivity index (χ3n) is 2.94. The zero-order valence-corrected chi connectivity index (χ0v) is 16.1. The number of nitrogens with zero attached hydrogens (tertiary/aromatic N) is 2. The van der Waals surface area contributed by atoms with E-state index in [1.807, 2.05) is 29.8 Å². The van der Waals surface area contributed by atoms with Crippen LogP contribution in [0.5, 0.6) is 0 Å². The molecule has 0 aliphatic heterocycles. The maximum atomic E-state index is 13.2. The van der Waals surface area contributed by atoms with E-state index in [1.54, 1.807) is 19.2 Å². The molecule has 0 unspecified atom stereocenters. The Balaban J connectivity index is 0.00000400. The third kappa shape index (κ3) is 8.50. The minimum absolute atomic E-state index is 0. The average Bonchev–Trinajstić information content (AvgIpc) is 2.42. The number of hydrogen-bond donors (Lipinski definition) is 1. The molecule has 0 saturated heterocycles. The Hall–Kier alpha value is -0.500. The lowest BCUT2D eigenvalue weighted by atomic mass is 10.2. The Morgan fingerprint density at radius 2 is 2.14 bits per heavy atom. The minimum Gasteiger partial charge on any atom is -0.356 e. The topological polar surface area (TPSA) is 27.6 Å². The van der Waals surface area contributed by atoms with Crippen molar-refractivity contribution >= 4 is 41.7 Å². The smallest absolute Gasteiger partial charge is 0.193 e. The first-order valence-corrected chi connectivity index (χ1v) is 8.22. The van der Waals surface area contributed by atoms with Crippen molar-refractivity contribution in [3.05, 3.63) is 35.6 Å². The first-order valence-electron chi connectivity index (χ1n) is 6.82. The first kappa shape index (κ1) is 20.5. The van der Waals surface area contributed by atoms with Crippen molar-refractivity contribution in [1.29, 1.82) is 0 Å². The molecule has 3 nitrogen and oxygen atoms in total. The summed E-state index contributed by atoms with van der Waals surface area (Å²) >= 11 is 1.87. The summed E-state index contributed by atoms with van der Waals surface area (Å²) in [5, 5.41) is 3.34. The normalized spacial score (nSPS) is 11.0. The van der Waals surface area contributed by atoms with E-state index in [4.69, 9.17) is 0 Å². The number of benzene rings is 1. The van der Waals surface area contributed by atoms with Gasteiger partial charge in [0.05, 0.1) is 0 Å². The standard InChI is InChI=1S/C15H24FN3S.HI/c1-17-15(18-9-4-5-10-20-3)19(2)12-13-7-6-8-14(16)11-13;/h6-8,11H,4-5,9-10,12H2,1-3H3,(H,17,18);1H. The van der Waals surface area contributed by atoms with Crippen LogP contribution in [-0.4, -0.2) is 43.5 Å². The van der Waals surface area contributed by atoms with Crippen LogP contribution in [0.4, 0.5) is 4.39 Å². The van der Waals surface area contributed by atoms with Gasteiger partial charge in [-0.25, -0.2) is 4.39 Å². The Morgan fingerprint density at radius 1 is 1.38 bits per heavy atom. The highest BCUT2D eigenvalue weighted by atomic mass is 127. The molecule has 1 rings (SSSR count). The van der Waals surface area contributed by atoms with Gasteiger partial charge in [0.15, 0.2) is 5.96 Å². The Labute approximate surface area is 148 Å². The molecule has 0 fully saturated rings. The number of thioether (sulfide) groups is 1. The van der Waals surface area contributed by atoms with E-state index in [9.17, 15) is 4.39 Å². The molecule has 0 spiro atoms. The second-order valence-electron chi connectivity index (χ2n) is 4.66. The van der Waals surface area contributed by atoms with Crippen LogP contribution in [0.15, 0.2) is 29.3 Å². The molecule has 120 valence electrons. The van der Waals surface area contributed by atoms with Gasteiger partial charge in [-0.05, 0) is 42.5 Å². The molecule has 21 heavy (non-hydrogen) atoms. The second kappa shape index (κ2) is 12.1. The van der Waals surface area contributed by atoms with E-state index >= 15 is 0 Å². The fourth-order valence-electron chi connectivity index (χ4n) is 1.94. The van der Waals surface area contributed by atoms with Gasteiger partial charge >= 0.3 is 0 Å². The van der Waals surface area contributed by atoms with Gasteiger partial charge in [-0.15, -0.1) is 24.0 Å². The van der Waals surface area contributed by atoms with Crippen molar-refractivity contribution < 1.29 is 4.39 Å². The third-order valence-corrected chi connectivity index (χ3v) is 3.64. The zero-order chi connectivity index (χ0) is 14.8. The monoisotopic (exact) mass is 425 g/mol. The molecular formula is C15H25FIN3S. The zero-order valence-electron chi connectivity index (χ0n) is 12.9. The van der Waals surface area contributed by atoms with Gasteiger partial charge in [0.25, 0.3) is 0 Å². The first-order chi connectivity index (χ1) is 9.67. The van der Waals surface area contributed by atoms with Gasteiger partial charge < -0.3 is 10.2 Å². The summed E-state index contributed by atoms with van der Waals surface area (Å²) in [6.45, 7) is 1.56. The van der Waals surface area contributed by atoms with Gasteiger partial charge in [0.2, 0.25) is 0 Å². The number of aliphatic imine (C=N–C) groups is 1. The summed E-state index contributed by atoms with van der Waals surface area (Å²) in [7, 11) is 3.73. The Morgan fingerprint density at radius 3 is 2.76 bits per heavy atom. The molecule has 1 aromatic rings. The van der Waals surface area contributed by atoms with Crippen molar-refractivity contribution in [1.82, 2.24) is 10.2 Å². The number of guanidine groups is 1. The SMILES string of the molecule is CN=C(NCCCCSC)N(C)Cc1cccc(F)c1.I. The van der Waals surface area contributed by atoms with Gasteiger partial charge in [-0.1, -0.05) is 12.1 Å². The van der Waals surface area contributed by atoms with E-state index in [1.165, 1.54) is 18.2 Å². The average molecular weight is 425 g/mol.